The van der Waals surface area contributed by atoms with Gasteiger partial charge in [-0.05, 0) is 44.7 Å². The zero-order valence-corrected chi connectivity index (χ0v) is 15.5. The number of hydrogen-bond acceptors (Lipinski definition) is 3. The summed E-state index contributed by atoms with van der Waals surface area (Å²) in [6, 6.07) is 0. The Morgan fingerprint density at radius 1 is 0.917 bits per heavy atom. The van der Waals surface area contributed by atoms with Crippen LogP contribution in [0.15, 0.2) is 0 Å². The number of nitrogens with zero attached hydrogens (tertiary/aromatic N) is 2. The van der Waals surface area contributed by atoms with Gasteiger partial charge >= 0.3 is 0 Å². The first kappa shape index (κ1) is 19.5. The first-order valence-corrected chi connectivity index (χ1v) is 9.51. The van der Waals surface area contributed by atoms with Crippen molar-refractivity contribution in [2.24, 2.45) is 11.8 Å². The van der Waals surface area contributed by atoms with Crippen LogP contribution in [0, 0.1) is 11.8 Å². The highest BCUT2D eigenvalue weighted by molar-refractivity contribution is 5.85. The predicted molar refractivity (Wildman–Crippen MR) is 97.2 cm³/mol. The standard InChI is InChI=1S/C18H31N3O2.ClH/c22-17(7-6-15-8-9-19-14-15)20-10-12-21(13-11-20)18(23)16-4-2-1-3-5-16;/h15-16,19H,1-14H2;1H. The summed E-state index contributed by atoms with van der Waals surface area (Å²) in [6.45, 7) is 5.07. The fourth-order valence-corrected chi connectivity index (χ4v) is 4.23. The van der Waals surface area contributed by atoms with Crippen molar-refractivity contribution in [2.75, 3.05) is 39.3 Å². The third-order valence-electron chi connectivity index (χ3n) is 5.83. The van der Waals surface area contributed by atoms with E-state index in [0.29, 0.717) is 18.2 Å². The summed E-state index contributed by atoms with van der Waals surface area (Å²) < 4.78 is 0. The molecule has 0 aromatic carbocycles. The van der Waals surface area contributed by atoms with Crippen molar-refractivity contribution >= 4 is 24.2 Å². The number of carbonyl (C=O) groups excluding carboxylic acids is 2. The van der Waals surface area contributed by atoms with Gasteiger partial charge in [0, 0.05) is 38.5 Å². The van der Waals surface area contributed by atoms with Gasteiger partial charge in [-0.25, -0.2) is 0 Å². The van der Waals surface area contributed by atoms with Crippen molar-refractivity contribution in [3.8, 4) is 0 Å². The van der Waals surface area contributed by atoms with Crippen molar-refractivity contribution in [3.63, 3.8) is 0 Å². The molecule has 2 saturated heterocycles. The van der Waals surface area contributed by atoms with Crippen molar-refractivity contribution in [2.45, 2.75) is 51.4 Å². The van der Waals surface area contributed by atoms with Crippen LogP contribution >= 0.6 is 12.4 Å². The topological polar surface area (TPSA) is 52.7 Å². The Hall–Kier alpha value is -0.810. The Labute approximate surface area is 151 Å². The molecule has 0 aromatic heterocycles. The molecule has 0 bridgehead atoms. The van der Waals surface area contributed by atoms with Gasteiger partial charge in [-0.1, -0.05) is 19.3 Å². The van der Waals surface area contributed by atoms with Crippen molar-refractivity contribution in [1.29, 1.82) is 0 Å². The molecule has 5 nitrogen and oxygen atoms in total. The van der Waals surface area contributed by atoms with E-state index < -0.39 is 0 Å². The lowest BCUT2D eigenvalue weighted by atomic mass is 9.88. The number of hydrogen-bond donors (Lipinski definition) is 1. The number of carbonyl (C=O) groups is 2. The Kier molecular flexibility index (Phi) is 7.82. The first-order valence-electron chi connectivity index (χ1n) is 9.51. The van der Waals surface area contributed by atoms with E-state index in [4.69, 9.17) is 0 Å². The van der Waals surface area contributed by atoms with Crippen LogP contribution in [0.3, 0.4) is 0 Å². The predicted octanol–water partition coefficient (Wildman–Crippen LogP) is 2.05. The summed E-state index contributed by atoms with van der Waals surface area (Å²) in [7, 11) is 0. The Balaban J connectivity index is 0.00000208. The molecule has 0 spiro atoms. The summed E-state index contributed by atoms with van der Waals surface area (Å²) in [6.07, 6.45) is 8.69. The number of rotatable bonds is 4. The van der Waals surface area contributed by atoms with Gasteiger partial charge in [-0.2, -0.15) is 0 Å². The SMILES string of the molecule is Cl.O=C(CCC1CCNC1)N1CCN(C(=O)C2CCCCC2)CC1. The normalized spacial score (nSPS) is 25.4. The summed E-state index contributed by atoms with van der Waals surface area (Å²) in [5.41, 5.74) is 0. The molecule has 1 atom stereocenters. The lowest BCUT2D eigenvalue weighted by Gasteiger charge is -2.37. The van der Waals surface area contributed by atoms with Gasteiger partial charge in [0.25, 0.3) is 0 Å². The minimum Gasteiger partial charge on any atom is -0.339 e. The van der Waals surface area contributed by atoms with E-state index >= 15 is 0 Å². The van der Waals surface area contributed by atoms with Crippen molar-refractivity contribution in [1.82, 2.24) is 15.1 Å². The van der Waals surface area contributed by atoms with Gasteiger partial charge in [0.05, 0.1) is 0 Å². The maximum Gasteiger partial charge on any atom is 0.225 e. The molecule has 0 radical (unpaired) electrons. The highest BCUT2D eigenvalue weighted by Crippen LogP contribution is 2.26. The molecule has 2 amide bonds. The lowest BCUT2D eigenvalue weighted by Crippen LogP contribution is -2.52. The maximum absolute atomic E-state index is 12.5. The van der Waals surface area contributed by atoms with Gasteiger partial charge in [-0.15, -0.1) is 12.4 Å². The second-order valence-electron chi connectivity index (χ2n) is 7.44. The van der Waals surface area contributed by atoms with E-state index in [0.717, 1.165) is 58.5 Å². The van der Waals surface area contributed by atoms with E-state index in [9.17, 15) is 9.59 Å². The van der Waals surface area contributed by atoms with Crippen LogP contribution in [-0.4, -0.2) is 60.9 Å². The minimum atomic E-state index is 0. The van der Waals surface area contributed by atoms with Gasteiger partial charge in [0.15, 0.2) is 0 Å². The third kappa shape index (κ3) is 5.09. The number of amides is 2. The molecule has 138 valence electrons. The van der Waals surface area contributed by atoms with Gasteiger partial charge in [0.2, 0.25) is 11.8 Å². The quantitative estimate of drug-likeness (QED) is 0.837. The second-order valence-corrected chi connectivity index (χ2v) is 7.44. The molecule has 6 heteroatoms. The molecule has 3 rings (SSSR count). The van der Waals surface area contributed by atoms with Crippen LogP contribution in [-0.2, 0) is 9.59 Å². The number of nitrogens with one attached hydrogen (secondary N) is 1. The average Bonchev–Trinajstić information content (AvgIpc) is 3.13. The Bertz CT molecular complexity index is 412. The highest BCUT2D eigenvalue weighted by Gasteiger charge is 2.29. The number of halogens is 1. The fraction of sp³-hybridized carbons (Fsp3) is 0.889. The molecule has 3 fully saturated rings. The van der Waals surface area contributed by atoms with Gasteiger partial charge in [0.1, 0.15) is 0 Å². The second kappa shape index (κ2) is 9.62. The summed E-state index contributed by atoms with van der Waals surface area (Å²) in [5, 5.41) is 3.36. The smallest absolute Gasteiger partial charge is 0.225 e. The monoisotopic (exact) mass is 357 g/mol. The van der Waals surface area contributed by atoms with Crippen LogP contribution in [0.5, 0.6) is 0 Å². The van der Waals surface area contributed by atoms with E-state index in [2.05, 4.69) is 5.32 Å². The highest BCUT2D eigenvalue weighted by atomic mass is 35.5. The summed E-state index contributed by atoms with van der Waals surface area (Å²) in [4.78, 5) is 28.8. The largest absolute Gasteiger partial charge is 0.339 e. The van der Waals surface area contributed by atoms with E-state index in [1.165, 1.54) is 25.7 Å². The Morgan fingerprint density at radius 2 is 1.58 bits per heavy atom. The Morgan fingerprint density at radius 3 is 2.21 bits per heavy atom. The van der Waals surface area contributed by atoms with Gasteiger partial charge in [-0.3, -0.25) is 9.59 Å². The zero-order chi connectivity index (χ0) is 16.1. The van der Waals surface area contributed by atoms with Crippen LogP contribution in [0.1, 0.15) is 51.4 Å². The first-order chi connectivity index (χ1) is 11.2. The molecule has 1 unspecified atom stereocenters. The van der Waals surface area contributed by atoms with E-state index in [-0.39, 0.29) is 24.2 Å². The molecular weight excluding hydrogens is 326 g/mol. The molecular formula is C18H32ClN3O2. The average molecular weight is 358 g/mol. The van der Waals surface area contributed by atoms with Crippen LogP contribution in [0.4, 0.5) is 0 Å². The maximum atomic E-state index is 12.5. The molecule has 1 N–H and O–H groups in total. The summed E-state index contributed by atoms with van der Waals surface area (Å²) in [5.74, 6) is 1.55. The molecule has 0 aromatic rings. The van der Waals surface area contributed by atoms with E-state index in [1.54, 1.807) is 0 Å². The minimum absolute atomic E-state index is 0. The molecule has 3 aliphatic rings. The lowest BCUT2D eigenvalue weighted by molar-refractivity contribution is -0.143. The van der Waals surface area contributed by atoms with Gasteiger partial charge < -0.3 is 15.1 Å². The van der Waals surface area contributed by atoms with Crippen LogP contribution < -0.4 is 5.32 Å². The third-order valence-corrected chi connectivity index (χ3v) is 5.83. The number of piperazine rings is 1. The molecule has 2 aliphatic heterocycles. The molecule has 1 saturated carbocycles. The molecule has 1 aliphatic carbocycles. The molecule has 2 heterocycles. The van der Waals surface area contributed by atoms with Crippen molar-refractivity contribution < 1.29 is 9.59 Å². The fourth-order valence-electron chi connectivity index (χ4n) is 4.23. The summed E-state index contributed by atoms with van der Waals surface area (Å²) >= 11 is 0. The van der Waals surface area contributed by atoms with Crippen LogP contribution in [0.25, 0.3) is 0 Å². The van der Waals surface area contributed by atoms with Crippen molar-refractivity contribution in [3.05, 3.63) is 0 Å². The van der Waals surface area contributed by atoms with E-state index in [1.807, 2.05) is 9.80 Å². The molecule has 24 heavy (non-hydrogen) atoms. The van der Waals surface area contributed by atoms with Crippen LogP contribution in [0.2, 0.25) is 0 Å². The zero-order valence-electron chi connectivity index (χ0n) is 14.7.